The first-order valence-corrected chi connectivity index (χ1v) is 8.53. The Balaban J connectivity index is 1.83. The lowest BCUT2D eigenvalue weighted by atomic mass is 10.1. The van der Waals surface area contributed by atoms with E-state index in [4.69, 9.17) is 11.6 Å². The molecule has 0 aliphatic heterocycles. The Morgan fingerprint density at radius 2 is 1.68 bits per heavy atom. The van der Waals surface area contributed by atoms with E-state index in [2.05, 4.69) is 9.55 Å². The van der Waals surface area contributed by atoms with Crippen LogP contribution in [0.1, 0.15) is 23.1 Å². The Labute approximate surface area is 151 Å². The summed E-state index contributed by atoms with van der Waals surface area (Å²) in [4.78, 5) is 4.69. The van der Waals surface area contributed by atoms with Gasteiger partial charge in [-0.25, -0.2) is 4.98 Å². The highest BCUT2D eigenvalue weighted by atomic mass is 35.5. The second-order valence-corrected chi connectivity index (χ2v) is 6.42. The summed E-state index contributed by atoms with van der Waals surface area (Å²) in [6.45, 7) is 0.598. The zero-order valence-electron chi connectivity index (χ0n) is 13.5. The standard InChI is InChI=1S/C21H17ClN2O/c22-17-10-6-7-15(13-17)14-24-19-12-5-4-11-18(19)23-21(24)20(25)16-8-2-1-3-9-16/h1-13,20,25H,14H2. The summed E-state index contributed by atoms with van der Waals surface area (Å²) in [6.07, 6.45) is -0.784. The number of halogens is 1. The van der Waals surface area contributed by atoms with Gasteiger partial charge in [-0.15, -0.1) is 0 Å². The third kappa shape index (κ3) is 3.16. The van der Waals surface area contributed by atoms with E-state index >= 15 is 0 Å². The normalized spacial score (nSPS) is 12.4. The number of hydrogen-bond acceptors (Lipinski definition) is 2. The van der Waals surface area contributed by atoms with Crippen molar-refractivity contribution in [3.63, 3.8) is 0 Å². The zero-order valence-corrected chi connectivity index (χ0v) is 14.3. The summed E-state index contributed by atoms with van der Waals surface area (Å²) >= 11 is 6.13. The van der Waals surface area contributed by atoms with Gasteiger partial charge in [-0.3, -0.25) is 0 Å². The van der Waals surface area contributed by atoms with Crippen molar-refractivity contribution in [2.75, 3.05) is 0 Å². The van der Waals surface area contributed by atoms with Crippen LogP contribution in [0.4, 0.5) is 0 Å². The maximum atomic E-state index is 10.9. The topological polar surface area (TPSA) is 38.1 Å². The molecule has 4 aromatic rings. The molecule has 0 saturated heterocycles. The Bertz CT molecular complexity index is 1010. The van der Waals surface area contributed by atoms with Crippen molar-refractivity contribution in [3.05, 3.63) is 101 Å². The monoisotopic (exact) mass is 348 g/mol. The number of imidazole rings is 1. The largest absolute Gasteiger partial charge is 0.380 e. The minimum Gasteiger partial charge on any atom is -0.380 e. The lowest BCUT2D eigenvalue weighted by Crippen LogP contribution is -2.11. The Morgan fingerprint density at radius 3 is 2.48 bits per heavy atom. The van der Waals surface area contributed by atoms with Gasteiger partial charge in [-0.2, -0.15) is 0 Å². The second kappa shape index (κ2) is 6.71. The van der Waals surface area contributed by atoms with Gasteiger partial charge in [-0.1, -0.05) is 66.2 Å². The molecule has 124 valence electrons. The van der Waals surface area contributed by atoms with Crippen molar-refractivity contribution in [1.29, 1.82) is 0 Å². The third-order valence-corrected chi connectivity index (χ3v) is 4.51. The van der Waals surface area contributed by atoms with Crippen LogP contribution in [0, 0.1) is 0 Å². The van der Waals surface area contributed by atoms with E-state index in [1.54, 1.807) is 0 Å². The first-order valence-electron chi connectivity index (χ1n) is 8.15. The van der Waals surface area contributed by atoms with Crippen molar-refractivity contribution in [2.24, 2.45) is 0 Å². The number of hydrogen-bond donors (Lipinski definition) is 1. The molecule has 0 radical (unpaired) electrons. The number of aliphatic hydroxyl groups excluding tert-OH is 1. The van der Waals surface area contributed by atoms with Gasteiger partial charge >= 0.3 is 0 Å². The van der Waals surface area contributed by atoms with Gasteiger partial charge in [-0.05, 0) is 35.4 Å². The van der Waals surface area contributed by atoms with E-state index in [1.807, 2.05) is 78.9 Å². The molecule has 1 aromatic heterocycles. The molecule has 0 saturated carbocycles. The average molecular weight is 349 g/mol. The smallest absolute Gasteiger partial charge is 0.143 e. The van der Waals surface area contributed by atoms with Gasteiger partial charge in [0.15, 0.2) is 0 Å². The van der Waals surface area contributed by atoms with Crippen molar-refractivity contribution in [3.8, 4) is 0 Å². The number of rotatable bonds is 4. The van der Waals surface area contributed by atoms with Crippen LogP contribution in [-0.2, 0) is 6.54 Å². The molecule has 1 unspecified atom stereocenters. The third-order valence-electron chi connectivity index (χ3n) is 4.27. The molecular weight excluding hydrogens is 332 g/mol. The van der Waals surface area contributed by atoms with Crippen molar-refractivity contribution >= 4 is 22.6 Å². The number of nitrogens with zero attached hydrogens (tertiary/aromatic N) is 2. The van der Waals surface area contributed by atoms with Gasteiger partial charge in [0.25, 0.3) is 0 Å². The molecule has 3 nitrogen and oxygen atoms in total. The molecular formula is C21H17ClN2O. The maximum Gasteiger partial charge on any atom is 0.143 e. The van der Waals surface area contributed by atoms with Gasteiger partial charge < -0.3 is 9.67 Å². The van der Waals surface area contributed by atoms with Crippen LogP contribution in [-0.4, -0.2) is 14.7 Å². The number of benzene rings is 3. The van der Waals surface area contributed by atoms with E-state index in [1.165, 1.54) is 0 Å². The summed E-state index contributed by atoms with van der Waals surface area (Å²) in [5.74, 6) is 0.632. The average Bonchev–Trinajstić information content (AvgIpc) is 3.00. The summed E-state index contributed by atoms with van der Waals surface area (Å²) < 4.78 is 2.05. The van der Waals surface area contributed by atoms with Crippen LogP contribution in [0.15, 0.2) is 78.9 Å². The van der Waals surface area contributed by atoms with Crippen LogP contribution < -0.4 is 0 Å². The Hall–Kier alpha value is -2.62. The Morgan fingerprint density at radius 1 is 0.920 bits per heavy atom. The quantitative estimate of drug-likeness (QED) is 0.574. The summed E-state index contributed by atoms with van der Waals surface area (Å²) in [7, 11) is 0. The molecule has 0 aliphatic carbocycles. The molecule has 1 N–H and O–H groups in total. The fourth-order valence-corrected chi connectivity index (χ4v) is 3.28. The second-order valence-electron chi connectivity index (χ2n) is 5.99. The Kier molecular flexibility index (Phi) is 4.26. The highest BCUT2D eigenvalue weighted by Gasteiger charge is 2.19. The van der Waals surface area contributed by atoms with Crippen LogP contribution in [0.5, 0.6) is 0 Å². The minimum absolute atomic E-state index is 0.598. The number of para-hydroxylation sites is 2. The van der Waals surface area contributed by atoms with Gasteiger partial charge in [0.05, 0.1) is 11.0 Å². The molecule has 0 spiro atoms. The molecule has 0 fully saturated rings. The summed E-state index contributed by atoms with van der Waals surface area (Å²) in [5.41, 5.74) is 3.75. The van der Waals surface area contributed by atoms with E-state index < -0.39 is 6.10 Å². The van der Waals surface area contributed by atoms with Crippen LogP contribution in [0.25, 0.3) is 11.0 Å². The number of aliphatic hydroxyl groups is 1. The maximum absolute atomic E-state index is 10.9. The fourth-order valence-electron chi connectivity index (χ4n) is 3.07. The fraction of sp³-hybridized carbons (Fsp3) is 0.0952. The van der Waals surface area contributed by atoms with Crippen molar-refractivity contribution in [2.45, 2.75) is 12.6 Å². The van der Waals surface area contributed by atoms with Gasteiger partial charge in [0.2, 0.25) is 0 Å². The summed E-state index contributed by atoms with van der Waals surface area (Å²) in [5, 5.41) is 11.6. The first-order chi connectivity index (χ1) is 12.2. The van der Waals surface area contributed by atoms with E-state index in [0.29, 0.717) is 17.4 Å². The van der Waals surface area contributed by atoms with Crippen molar-refractivity contribution in [1.82, 2.24) is 9.55 Å². The molecule has 1 heterocycles. The van der Waals surface area contributed by atoms with Crippen LogP contribution in [0.2, 0.25) is 5.02 Å². The van der Waals surface area contributed by atoms with E-state index in [9.17, 15) is 5.11 Å². The lowest BCUT2D eigenvalue weighted by Gasteiger charge is -2.14. The van der Waals surface area contributed by atoms with Crippen molar-refractivity contribution < 1.29 is 5.11 Å². The summed E-state index contributed by atoms with van der Waals surface area (Å²) in [6, 6.07) is 25.3. The van der Waals surface area contributed by atoms with E-state index in [-0.39, 0.29) is 0 Å². The molecule has 25 heavy (non-hydrogen) atoms. The molecule has 1 atom stereocenters. The highest BCUT2D eigenvalue weighted by molar-refractivity contribution is 6.30. The number of fused-ring (bicyclic) bond motifs is 1. The predicted molar refractivity (Wildman–Crippen MR) is 101 cm³/mol. The van der Waals surface area contributed by atoms with Gasteiger partial charge in [0.1, 0.15) is 11.9 Å². The molecule has 4 heteroatoms. The van der Waals surface area contributed by atoms with Gasteiger partial charge in [0, 0.05) is 11.6 Å². The molecule has 3 aromatic carbocycles. The predicted octanol–water partition coefficient (Wildman–Crippen LogP) is 4.82. The zero-order chi connectivity index (χ0) is 17.2. The molecule has 0 amide bonds. The van der Waals surface area contributed by atoms with Crippen LogP contribution in [0.3, 0.4) is 0 Å². The molecule has 0 bridgehead atoms. The first kappa shape index (κ1) is 15.9. The van der Waals surface area contributed by atoms with E-state index in [0.717, 1.165) is 22.2 Å². The van der Waals surface area contributed by atoms with Crippen LogP contribution >= 0.6 is 11.6 Å². The highest BCUT2D eigenvalue weighted by Crippen LogP contribution is 2.27. The minimum atomic E-state index is -0.784. The molecule has 0 aliphatic rings. The molecule has 4 rings (SSSR count). The number of aromatic nitrogens is 2. The lowest BCUT2D eigenvalue weighted by molar-refractivity contribution is 0.206. The SMILES string of the molecule is OC(c1ccccc1)c1nc2ccccc2n1Cc1cccc(Cl)c1.